The topological polar surface area (TPSA) is 80.0 Å². The molecule has 158 valence electrons. The van der Waals surface area contributed by atoms with Crippen LogP contribution in [-0.4, -0.2) is 23.9 Å². The minimum Gasteiger partial charge on any atom is -0.507 e. The van der Waals surface area contributed by atoms with E-state index in [0.717, 1.165) is 10.8 Å². The number of aliphatic hydroxyl groups excluding tert-OH is 1. The zero-order valence-electron chi connectivity index (χ0n) is 17.2. The van der Waals surface area contributed by atoms with Crippen LogP contribution in [0.3, 0.4) is 0 Å². The number of para-hydroxylation sites is 2. The Kier molecular flexibility index (Phi) is 4.75. The quantitative estimate of drug-likeness (QED) is 0.281. The van der Waals surface area contributed by atoms with Gasteiger partial charge in [-0.1, -0.05) is 54.6 Å². The fourth-order valence-electron chi connectivity index (χ4n) is 4.20. The molecule has 1 N–H and O–H groups in total. The van der Waals surface area contributed by atoms with Gasteiger partial charge in [-0.2, -0.15) is 0 Å². The highest BCUT2D eigenvalue weighted by molar-refractivity contribution is 6.52. The van der Waals surface area contributed by atoms with Crippen LogP contribution in [0.4, 0.5) is 5.69 Å². The number of amides is 1. The van der Waals surface area contributed by atoms with E-state index in [1.54, 1.807) is 48.5 Å². The highest BCUT2D eigenvalue weighted by Crippen LogP contribution is 2.45. The first-order chi connectivity index (χ1) is 15.6. The largest absolute Gasteiger partial charge is 0.507 e. The zero-order chi connectivity index (χ0) is 22.2. The summed E-state index contributed by atoms with van der Waals surface area (Å²) in [5.41, 5.74) is 0.848. The predicted molar refractivity (Wildman–Crippen MR) is 120 cm³/mol. The van der Waals surface area contributed by atoms with Gasteiger partial charge >= 0.3 is 0 Å². The lowest BCUT2D eigenvalue weighted by atomic mass is 9.96. The number of furan rings is 1. The SMILES string of the molecule is COc1ccccc1N1C(=O)C(=O)/C(=C(\O)c2cccc3ccccc23)C1c1ccco1. The molecule has 1 unspecified atom stereocenters. The third-order valence-corrected chi connectivity index (χ3v) is 5.65. The molecule has 0 bridgehead atoms. The number of rotatable bonds is 4. The van der Waals surface area contributed by atoms with Gasteiger partial charge in [0.1, 0.15) is 23.3 Å². The number of aliphatic hydroxyl groups is 1. The van der Waals surface area contributed by atoms with Crippen LogP contribution in [0, 0.1) is 0 Å². The maximum atomic E-state index is 13.3. The second kappa shape index (κ2) is 7.74. The first kappa shape index (κ1) is 19.6. The summed E-state index contributed by atoms with van der Waals surface area (Å²) in [5, 5.41) is 13.1. The number of ether oxygens (including phenoxy) is 1. The van der Waals surface area contributed by atoms with Crippen molar-refractivity contribution in [3.8, 4) is 5.75 Å². The van der Waals surface area contributed by atoms with Gasteiger partial charge in [-0.25, -0.2) is 0 Å². The summed E-state index contributed by atoms with van der Waals surface area (Å²) in [5.74, 6) is -1.02. The van der Waals surface area contributed by atoms with Crippen molar-refractivity contribution < 1.29 is 23.8 Å². The molecule has 0 spiro atoms. The molecular weight excluding hydrogens is 406 g/mol. The Morgan fingerprint density at radius 2 is 1.69 bits per heavy atom. The van der Waals surface area contributed by atoms with Crippen LogP contribution in [0.2, 0.25) is 0 Å². The molecule has 0 radical (unpaired) electrons. The Bertz CT molecular complexity index is 1360. The molecule has 1 aromatic heterocycles. The summed E-state index contributed by atoms with van der Waals surface area (Å²) in [6.07, 6.45) is 1.47. The molecule has 1 aliphatic heterocycles. The van der Waals surface area contributed by atoms with Crippen molar-refractivity contribution in [2.45, 2.75) is 6.04 Å². The van der Waals surface area contributed by atoms with Crippen LogP contribution in [0.5, 0.6) is 5.75 Å². The van der Waals surface area contributed by atoms with Gasteiger partial charge < -0.3 is 14.3 Å². The van der Waals surface area contributed by atoms with Crippen LogP contribution >= 0.6 is 0 Å². The second-order valence-corrected chi connectivity index (χ2v) is 7.38. The number of hydrogen-bond donors (Lipinski definition) is 1. The number of ketones is 1. The van der Waals surface area contributed by atoms with E-state index < -0.39 is 17.7 Å². The summed E-state index contributed by atoms with van der Waals surface area (Å²) < 4.78 is 11.0. The second-order valence-electron chi connectivity index (χ2n) is 7.38. The van der Waals surface area contributed by atoms with E-state index in [4.69, 9.17) is 9.15 Å². The lowest BCUT2D eigenvalue weighted by Crippen LogP contribution is -2.29. The van der Waals surface area contributed by atoms with Gasteiger partial charge in [-0.05, 0) is 35.0 Å². The summed E-state index contributed by atoms with van der Waals surface area (Å²) >= 11 is 0. The fourth-order valence-corrected chi connectivity index (χ4v) is 4.20. The predicted octanol–water partition coefficient (Wildman–Crippen LogP) is 5.07. The molecular formula is C26H19NO5. The monoisotopic (exact) mass is 425 g/mol. The standard InChI is InChI=1S/C26H19NO5/c1-31-20-13-5-4-12-19(20)27-23(21-14-7-15-32-21)22(25(29)26(27)30)24(28)18-11-6-9-16-8-2-3-10-17(16)18/h2-15,23,28H,1H3/b24-22-. The average Bonchev–Trinajstić information content (AvgIpc) is 3.45. The molecule has 0 aliphatic carbocycles. The minimum absolute atomic E-state index is 0.0350. The molecule has 1 amide bonds. The Labute approximate surface area is 184 Å². The molecule has 6 nitrogen and oxygen atoms in total. The third-order valence-electron chi connectivity index (χ3n) is 5.65. The number of methoxy groups -OCH3 is 1. The maximum Gasteiger partial charge on any atom is 0.300 e. The van der Waals surface area contributed by atoms with Gasteiger partial charge in [0.25, 0.3) is 11.7 Å². The van der Waals surface area contributed by atoms with Gasteiger partial charge in [0.2, 0.25) is 0 Å². The zero-order valence-corrected chi connectivity index (χ0v) is 17.2. The molecule has 6 heteroatoms. The van der Waals surface area contributed by atoms with Gasteiger partial charge in [0, 0.05) is 5.56 Å². The Morgan fingerprint density at radius 3 is 2.47 bits per heavy atom. The number of anilines is 1. The highest BCUT2D eigenvalue weighted by Gasteiger charge is 2.49. The summed E-state index contributed by atoms with van der Waals surface area (Å²) in [4.78, 5) is 27.8. The number of fused-ring (bicyclic) bond motifs is 1. The first-order valence-corrected chi connectivity index (χ1v) is 10.1. The smallest absolute Gasteiger partial charge is 0.300 e. The molecule has 32 heavy (non-hydrogen) atoms. The van der Waals surface area contributed by atoms with Crippen molar-refractivity contribution in [2.24, 2.45) is 0 Å². The van der Waals surface area contributed by atoms with Crippen LogP contribution in [0.15, 0.2) is 95.1 Å². The molecule has 0 saturated carbocycles. The Morgan fingerprint density at radius 1 is 0.938 bits per heavy atom. The lowest BCUT2D eigenvalue weighted by Gasteiger charge is -2.25. The molecule has 4 aromatic rings. The van der Waals surface area contributed by atoms with E-state index in [2.05, 4.69) is 0 Å². The van der Waals surface area contributed by atoms with Crippen LogP contribution in [0.1, 0.15) is 17.4 Å². The third kappa shape index (κ3) is 2.96. The fraction of sp³-hybridized carbons (Fsp3) is 0.0769. The number of carbonyl (C=O) groups is 2. The molecule has 5 rings (SSSR count). The van der Waals surface area contributed by atoms with Gasteiger partial charge in [0.15, 0.2) is 0 Å². The molecule has 1 saturated heterocycles. The van der Waals surface area contributed by atoms with E-state index in [0.29, 0.717) is 22.8 Å². The molecule has 1 fully saturated rings. The molecule has 1 atom stereocenters. The highest BCUT2D eigenvalue weighted by atomic mass is 16.5. The number of Topliss-reactive ketones (excluding diaryl/α,β-unsaturated/α-hetero) is 1. The van der Waals surface area contributed by atoms with Crippen molar-refractivity contribution in [2.75, 3.05) is 12.0 Å². The van der Waals surface area contributed by atoms with Crippen LogP contribution < -0.4 is 9.64 Å². The van der Waals surface area contributed by atoms with E-state index >= 15 is 0 Å². The van der Waals surface area contributed by atoms with Crippen molar-refractivity contribution >= 4 is 33.9 Å². The summed E-state index contributed by atoms with van der Waals surface area (Å²) in [6, 6.07) is 22.3. The van der Waals surface area contributed by atoms with Crippen LogP contribution in [-0.2, 0) is 9.59 Å². The molecule has 1 aliphatic rings. The lowest BCUT2D eigenvalue weighted by molar-refractivity contribution is -0.132. The molecule has 2 heterocycles. The van der Waals surface area contributed by atoms with E-state index in [-0.39, 0.29) is 11.3 Å². The van der Waals surface area contributed by atoms with E-state index in [1.165, 1.54) is 18.3 Å². The van der Waals surface area contributed by atoms with Crippen molar-refractivity contribution in [3.63, 3.8) is 0 Å². The number of benzene rings is 3. The normalized spacial score (nSPS) is 17.8. The van der Waals surface area contributed by atoms with Gasteiger partial charge in [-0.3, -0.25) is 14.5 Å². The minimum atomic E-state index is -0.944. The van der Waals surface area contributed by atoms with Crippen LogP contribution in [0.25, 0.3) is 16.5 Å². The number of hydrogen-bond acceptors (Lipinski definition) is 5. The summed E-state index contributed by atoms with van der Waals surface area (Å²) in [7, 11) is 1.49. The van der Waals surface area contributed by atoms with Crippen molar-refractivity contribution in [1.82, 2.24) is 0 Å². The van der Waals surface area contributed by atoms with Crippen molar-refractivity contribution in [1.29, 1.82) is 0 Å². The maximum absolute atomic E-state index is 13.3. The van der Waals surface area contributed by atoms with E-state index in [1.807, 2.05) is 30.3 Å². The summed E-state index contributed by atoms with van der Waals surface area (Å²) in [6.45, 7) is 0. The Hall–Kier alpha value is -4.32. The molecule has 3 aromatic carbocycles. The average molecular weight is 425 g/mol. The van der Waals surface area contributed by atoms with Gasteiger partial charge in [-0.15, -0.1) is 0 Å². The van der Waals surface area contributed by atoms with E-state index in [9.17, 15) is 14.7 Å². The van der Waals surface area contributed by atoms with Crippen molar-refractivity contribution in [3.05, 3.63) is 102 Å². The Balaban J connectivity index is 1.78. The number of carbonyl (C=O) groups excluding carboxylic acids is 2. The first-order valence-electron chi connectivity index (χ1n) is 10.1. The van der Waals surface area contributed by atoms with Gasteiger partial charge in [0.05, 0.1) is 24.6 Å². The number of nitrogens with zero attached hydrogens (tertiary/aromatic N) is 1.